The highest BCUT2D eigenvalue weighted by atomic mass is 19.4. The minimum Gasteiger partial charge on any atom is -0.399 e. The van der Waals surface area contributed by atoms with Crippen LogP contribution in [-0.2, 0) is 30.6 Å². The predicted molar refractivity (Wildman–Crippen MR) is 156 cm³/mol. The highest BCUT2D eigenvalue weighted by molar-refractivity contribution is 6.62. The highest BCUT2D eigenvalue weighted by Crippen LogP contribution is 2.49. The molecule has 0 aromatic heterocycles. The monoisotopic (exact) mass is 616 g/mol. The Kier molecular flexibility index (Phi) is 10.2. The molecule has 240 valence electrons. The summed E-state index contributed by atoms with van der Waals surface area (Å²) in [4.78, 5) is 0. The van der Waals surface area contributed by atoms with Crippen LogP contribution in [0.1, 0.15) is 88.6 Å². The van der Waals surface area contributed by atoms with E-state index in [2.05, 4.69) is 35.5 Å². The molecule has 11 heteroatoms. The number of methoxy groups -OCH3 is 1. The predicted octanol–water partition coefficient (Wildman–Crippen LogP) is 8.13. The van der Waals surface area contributed by atoms with Crippen molar-refractivity contribution in [3.8, 4) is 0 Å². The molecule has 2 aromatic carbocycles. The Labute approximate surface area is 251 Å². The van der Waals surface area contributed by atoms with Crippen LogP contribution in [0.5, 0.6) is 0 Å². The van der Waals surface area contributed by atoms with Gasteiger partial charge >= 0.3 is 19.5 Å². The van der Waals surface area contributed by atoms with Gasteiger partial charge in [-0.3, -0.25) is 0 Å². The zero-order chi connectivity index (χ0) is 32.6. The van der Waals surface area contributed by atoms with Crippen LogP contribution in [0, 0.1) is 13.8 Å². The minimum absolute atomic E-state index is 0.385. The van der Waals surface area contributed by atoms with Gasteiger partial charge in [0.2, 0.25) is 0 Å². The van der Waals surface area contributed by atoms with Gasteiger partial charge in [-0.1, -0.05) is 55.8 Å². The lowest BCUT2D eigenvalue weighted by atomic mass is 9.67. The summed E-state index contributed by atoms with van der Waals surface area (Å²) in [5, 5.41) is 0. The second-order valence-corrected chi connectivity index (χ2v) is 12.5. The van der Waals surface area contributed by atoms with Gasteiger partial charge in [-0.2, -0.15) is 26.3 Å². The molecule has 4 nitrogen and oxygen atoms in total. The number of benzene rings is 2. The topological polar surface area (TPSA) is 36.9 Å². The molecule has 0 bridgehead atoms. The standard InChI is InChI=1S/C32H43BF6O4/c1-10-29(11-2,25-14-15-26(22(4)19-25)33-42-27(5,6)28(7,8)43-33)24-13-12-23(21(3)18-24)16-17-30(31(34,35)36,32(37,38)39)41-20-40-9/h12-15,18-19H,10-11,16-17,20H2,1-9H3. The molecule has 1 aliphatic rings. The molecule has 43 heavy (non-hydrogen) atoms. The van der Waals surface area contributed by atoms with E-state index < -0.39 is 61.3 Å². The highest BCUT2D eigenvalue weighted by Gasteiger charge is 2.71. The van der Waals surface area contributed by atoms with E-state index in [9.17, 15) is 26.3 Å². The molecule has 0 N–H and O–H groups in total. The third kappa shape index (κ3) is 6.51. The van der Waals surface area contributed by atoms with Crippen molar-refractivity contribution in [2.24, 2.45) is 0 Å². The first-order valence-electron chi connectivity index (χ1n) is 14.5. The number of hydrogen-bond donors (Lipinski definition) is 0. The first kappa shape index (κ1) is 35.4. The molecule has 0 atom stereocenters. The first-order valence-corrected chi connectivity index (χ1v) is 14.5. The number of rotatable bonds is 11. The van der Waals surface area contributed by atoms with Crippen LogP contribution in [0.4, 0.5) is 26.3 Å². The summed E-state index contributed by atoms with van der Waals surface area (Å²) in [6.45, 7) is 14.7. The van der Waals surface area contributed by atoms with Crippen LogP contribution >= 0.6 is 0 Å². The second kappa shape index (κ2) is 12.4. The number of alkyl halides is 6. The van der Waals surface area contributed by atoms with Crippen molar-refractivity contribution in [2.45, 2.75) is 116 Å². The zero-order valence-corrected chi connectivity index (χ0v) is 26.5. The summed E-state index contributed by atoms with van der Waals surface area (Å²) in [7, 11) is 0.465. The average molecular weight is 616 g/mol. The first-order chi connectivity index (χ1) is 19.7. The van der Waals surface area contributed by atoms with Crippen molar-refractivity contribution in [1.29, 1.82) is 0 Å². The SMILES string of the molecule is CCC(CC)(c1ccc(CCC(OCOC)(C(F)(F)F)C(F)(F)F)c(C)c1)c1ccc(B2OC(C)(C)C(C)(C)O2)c(C)c1. The van der Waals surface area contributed by atoms with Crippen molar-refractivity contribution in [3.63, 3.8) is 0 Å². The lowest BCUT2D eigenvalue weighted by Crippen LogP contribution is -2.59. The van der Waals surface area contributed by atoms with E-state index >= 15 is 0 Å². The Balaban J connectivity index is 1.95. The fraction of sp³-hybridized carbons (Fsp3) is 0.625. The van der Waals surface area contributed by atoms with Gasteiger partial charge < -0.3 is 18.8 Å². The van der Waals surface area contributed by atoms with E-state index in [4.69, 9.17) is 9.31 Å². The van der Waals surface area contributed by atoms with Crippen molar-refractivity contribution in [1.82, 2.24) is 0 Å². The summed E-state index contributed by atoms with van der Waals surface area (Å²) in [6, 6.07) is 11.5. The molecular weight excluding hydrogens is 573 g/mol. The lowest BCUT2D eigenvalue weighted by molar-refractivity contribution is -0.393. The fourth-order valence-electron chi connectivity index (χ4n) is 5.87. The Bertz CT molecular complexity index is 1240. The Hall–Kier alpha value is -2.08. The Morgan fingerprint density at radius 1 is 0.767 bits per heavy atom. The van der Waals surface area contributed by atoms with Crippen molar-refractivity contribution in [3.05, 3.63) is 64.2 Å². The van der Waals surface area contributed by atoms with E-state index in [-0.39, 0.29) is 0 Å². The van der Waals surface area contributed by atoms with Crippen molar-refractivity contribution < 1.29 is 45.1 Å². The maximum atomic E-state index is 13.8. The van der Waals surface area contributed by atoms with Gasteiger partial charge in [0.25, 0.3) is 5.60 Å². The van der Waals surface area contributed by atoms with Gasteiger partial charge in [-0.05, 0) is 94.9 Å². The minimum atomic E-state index is -5.68. The molecule has 2 aromatic rings. The summed E-state index contributed by atoms with van der Waals surface area (Å²) in [5.74, 6) is 0. The second-order valence-electron chi connectivity index (χ2n) is 12.5. The van der Waals surface area contributed by atoms with Crippen molar-refractivity contribution in [2.75, 3.05) is 13.9 Å². The van der Waals surface area contributed by atoms with Crippen molar-refractivity contribution >= 4 is 12.6 Å². The third-order valence-electron chi connectivity index (χ3n) is 9.52. The van der Waals surface area contributed by atoms with E-state index in [1.54, 1.807) is 13.0 Å². The van der Waals surface area contributed by atoms with E-state index in [0.29, 0.717) is 11.1 Å². The fourth-order valence-corrected chi connectivity index (χ4v) is 5.87. The van der Waals surface area contributed by atoms with Gasteiger partial charge in [0.15, 0.2) is 0 Å². The van der Waals surface area contributed by atoms with Crippen LogP contribution < -0.4 is 5.46 Å². The van der Waals surface area contributed by atoms with Crippen LogP contribution in [0.2, 0.25) is 0 Å². The average Bonchev–Trinajstić information content (AvgIpc) is 3.10. The van der Waals surface area contributed by atoms with Gasteiger partial charge in [0.1, 0.15) is 6.79 Å². The summed E-state index contributed by atoms with van der Waals surface area (Å²) in [6.07, 6.45) is -11.7. The molecule has 1 aliphatic heterocycles. The van der Waals surface area contributed by atoms with E-state index in [1.807, 2.05) is 52.8 Å². The quantitative estimate of drug-likeness (QED) is 0.145. The molecule has 1 saturated heterocycles. The van der Waals surface area contributed by atoms with Crippen LogP contribution in [0.15, 0.2) is 36.4 Å². The molecule has 0 saturated carbocycles. The van der Waals surface area contributed by atoms with Gasteiger partial charge in [-0.15, -0.1) is 0 Å². The summed E-state index contributed by atoms with van der Waals surface area (Å²) in [5.41, 5.74) is -0.789. The molecule has 0 unspecified atom stereocenters. The number of halogens is 6. The molecule has 3 rings (SSSR count). The van der Waals surface area contributed by atoms with Gasteiger partial charge in [0.05, 0.1) is 11.2 Å². The van der Waals surface area contributed by atoms with E-state index in [1.165, 1.54) is 0 Å². The molecule has 0 spiro atoms. The van der Waals surface area contributed by atoms with E-state index in [0.717, 1.165) is 42.1 Å². The molecule has 0 aliphatic carbocycles. The Morgan fingerprint density at radius 3 is 1.67 bits per heavy atom. The molecule has 1 fully saturated rings. The molecule has 0 amide bonds. The Morgan fingerprint density at radius 2 is 1.26 bits per heavy atom. The van der Waals surface area contributed by atoms with Crippen LogP contribution in [-0.4, -0.2) is 50.2 Å². The van der Waals surface area contributed by atoms with Gasteiger partial charge in [-0.25, -0.2) is 0 Å². The largest absolute Gasteiger partial charge is 0.495 e. The maximum Gasteiger partial charge on any atom is 0.495 e. The summed E-state index contributed by atoms with van der Waals surface area (Å²) < 4.78 is 104. The third-order valence-corrected chi connectivity index (χ3v) is 9.52. The maximum absolute atomic E-state index is 13.8. The number of hydrogen-bond acceptors (Lipinski definition) is 4. The zero-order valence-electron chi connectivity index (χ0n) is 26.5. The normalized spacial score (nSPS) is 17.5. The number of ether oxygens (including phenoxy) is 2. The van der Waals surface area contributed by atoms with Crippen LogP contribution in [0.3, 0.4) is 0 Å². The molecular formula is C32H43BF6O4. The number of aryl methyl sites for hydroxylation is 3. The summed E-state index contributed by atoms with van der Waals surface area (Å²) >= 11 is 0. The van der Waals surface area contributed by atoms with Gasteiger partial charge in [0, 0.05) is 12.5 Å². The smallest absolute Gasteiger partial charge is 0.399 e. The molecule has 0 radical (unpaired) electrons. The van der Waals surface area contributed by atoms with Crippen LogP contribution in [0.25, 0.3) is 0 Å². The lowest BCUT2D eigenvalue weighted by Gasteiger charge is -2.37. The molecule has 1 heterocycles.